The Bertz CT molecular complexity index is 493. The third kappa shape index (κ3) is 4.09. The number of rotatable bonds is 5. The Kier molecular flexibility index (Phi) is 5.41. The largest absolute Gasteiger partial charge is 0.490 e. The second-order valence-electron chi connectivity index (χ2n) is 4.94. The van der Waals surface area contributed by atoms with Crippen molar-refractivity contribution in [3.05, 3.63) is 23.8 Å². The molecule has 1 atom stereocenters. The Labute approximate surface area is 124 Å². The van der Waals surface area contributed by atoms with Crippen LogP contribution in [-0.4, -0.2) is 56.9 Å². The van der Waals surface area contributed by atoms with E-state index in [1.807, 2.05) is 0 Å². The quantitative estimate of drug-likeness (QED) is 0.649. The zero-order valence-electron chi connectivity index (χ0n) is 12.5. The minimum absolute atomic E-state index is 0.00868. The van der Waals surface area contributed by atoms with Crippen LogP contribution in [0.15, 0.2) is 18.2 Å². The van der Waals surface area contributed by atoms with Gasteiger partial charge in [-0.3, -0.25) is 4.90 Å². The minimum atomic E-state index is -0.440. The van der Waals surface area contributed by atoms with E-state index in [9.17, 15) is 4.79 Å². The standard InChI is InChI=1S/C15H22N2O4/c1-3-17-6-7-20-12(9-17)10-21-14-8-11(16)4-5-13(14)15(18)19-2/h4-5,8,12H,3,6-7,9-10,16H2,1-2H3. The third-order valence-corrected chi connectivity index (χ3v) is 3.51. The molecule has 2 rings (SSSR count). The van der Waals surface area contributed by atoms with Gasteiger partial charge < -0.3 is 19.9 Å². The lowest BCUT2D eigenvalue weighted by molar-refractivity contribution is -0.0465. The van der Waals surface area contributed by atoms with Gasteiger partial charge in [-0.2, -0.15) is 0 Å². The van der Waals surface area contributed by atoms with Gasteiger partial charge in [-0.25, -0.2) is 4.79 Å². The summed E-state index contributed by atoms with van der Waals surface area (Å²) in [5.41, 5.74) is 6.66. The molecule has 0 aliphatic carbocycles. The molecule has 6 nitrogen and oxygen atoms in total. The van der Waals surface area contributed by atoms with E-state index in [-0.39, 0.29) is 6.10 Å². The van der Waals surface area contributed by atoms with Gasteiger partial charge in [0.1, 0.15) is 24.0 Å². The van der Waals surface area contributed by atoms with Crippen LogP contribution in [0.1, 0.15) is 17.3 Å². The molecule has 0 radical (unpaired) electrons. The molecule has 1 saturated heterocycles. The number of ether oxygens (including phenoxy) is 3. The van der Waals surface area contributed by atoms with Crippen molar-refractivity contribution in [2.75, 3.05) is 45.7 Å². The molecule has 1 aromatic rings. The number of morpholine rings is 1. The third-order valence-electron chi connectivity index (χ3n) is 3.51. The molecular weight excluding hydrogens is 272 g/mol. The molecule has 0 saturated carbocycles. The topological polar surface area (TPSA) is 74.0 Å². The van der Waals surface area contributed by atoms with Crippen LogP contribution in [0.5, 0.6) is 5.75 Å². The molecule has 0 aromatic heterocycles. The fourth-order valence-corrected chi connectivity index (χ4v) is 2.29. The normalized spacial score (nSPS) is 19.2. The predicted octanol–water partition coefficient (Wildman–Crippen LogP) is 1.15. The van der Waals surface area contributed by atoms with Crippen LogP contribution in [0.25, 0.3) is 0 Å². The summed E-state index contributed by atoms with van der Waals surface area (Å²) in [4.78, 5) is 14.0. The first-order chi connectivity index (χ1) is 10.1. The highest BCUT2D eigenvalue weighted by Gasteiger charge is 2.21. The van der Waals surface area contributed by atoms with Gasteiger partial charge in [0.2, 0.25) is 0 Å². The number of nitrogens with two attached hydrogens (primary N) is 1. The fourth-order valence-electron chi connectivity index (χ4n) is 2.29. The highest BCUT2D eigenvalue weighted by molar-refractivity contribution is 5.93. The van der Waals surface area contributed by atoms with Gasteiger partial charge in [0.05, 0.1) is 13.7 Å². The number of benzene rings is 1. The molecule has 21 heavy (non-hydrogen) atoms. The molecule has 6 heteroatoms. The second-order valence-corrected chi connectivity index (χ2v) is 4.94. The number of carbonyl (C=O) groups excluding carboxylic acids is 1. The zero-order valence-corrected chi connectivity index (χ0v) is 12.5. The van der Waals surface area contributed by atoms with Crippen LogP contribution >= 0.6 is 0 Å². The van der Waals surface area contributed by atoms with Crippen LogP contribution in [0.3, 0.4) is 0 Å². The Hall–Kier alpha value is -1.79. The predicted molar refractivity (Wildman–Crippen MR) is 79.5 cm³/mol. The van der Waals surface area contributed by atoms with Crippen LogP contribution in [0.2, 0.25) is 0 Å². The molecule has 1 unspecified atom stereocenters. The molecule has 1 aliphatic rings. The van der Waals surface area contributed by atoms with Gasteiger partial charge in [0.25, 0.3) is 0 Å². The lowest BCUT2D eigenvalue weighted by Gasteiger charge is -2.31. The highest BCUT2D eigenvalue weighted by atomic mass is 16.5. The summed E-state index contributed by atoms with van der Waals surface area (Å²) in [5, 5.41) is 0. The van der Waals surface area contributed by atoms with Gasteiger partial charge in [0, 0.05) is 24.8 Å². The number of nitrogen functional groups attached to an aromatic ring is 1. The van der Waals surface area contributed by atoms with Crippen LogP contribution in [0.4, 0.5) is 5.69 Å². The summed E-state index contributed by atoms with van der Waals surface area (Å²) in [6.07, 6.45) is -0.00868. The van der Waals surface area contributed by atoms with E-state index < -0.39 is 5.97 Å². The maximum absolute atomic E-state index is 11.7. The Morgan fingerprint density at radius 1 is 1.52 bits per heavy atom. The summed E-state index contributed by atoms with van der Waals surface area (Å²) in [6, 6.07) is 4.89. The average molecular weight is 294 g/mol. The van der Waals surface area contributed by atoms with E-state index in [1.54, 1.807) is 18.2 Å². The Morgan fingerprint density at radius 3 is 3.05 bits per heavy atom. The van der Waals surface area contributed by atoms with Gasteiger partial charge in [-0.15, -0.1) is 0 Å². The number of carbonyl (C=O) groups is 1. The van der Waals surface area contributed by atoms with Crippen molar-refractivity contribution in [2.45, 2.75) is 13.0 Å². The van der Waals surface area contributed by atoms with E-state index >= 15 is 0 Å². The molecule has 0 spiro atoms. The number of nitrogens with zero attached hydrogens (tertiary/aromatic N) is 1. The van der Waals surface area contributed by atoms with Crippen LogP contribution in [0, 0.1) is 0 Å². The Morgan fingerprint density at radius 2 is 2.33 bits per heavy atom. The molecule has 1 aliphatic heterocycles. The van der Waals surface area contributed by atoms with Crippen molar-refractivity contribution in [2.24, 2.45) is 0 Å². The number of likely N-dealkylation sites (N-methyl/N-ethyl adjacent to an activating group) is 1. The van der Waals surface area contributed by atoms with E-state index in [1.165, 1.54) is 7.11 Å². The lowest BCUT2D eigenvalue weighted by atomic mass is 10.2. The monoisotopic (exact) mass is 294 g/mol. The average Bonchev–Trinajstić information content (AvgIpc) is 2.52. The summed E-state index contributed by atoms with van der Waals surface area (Å²) in [7, 11) is 1.34. The van der Waals surface area contributed by atoms with Gasteiger partial charge in [-0.1, -0.05) is 6.92 Å². The highest BCUT2D eigenvalue weighted by Crippen LogP contribution is 2.23. The summed E-state index contributed by atoms with van der Waals surface area (Å²) < 4.78 is 16.2. The molecule has 0 amide bonds. The smallest absolute Gasteiger partial charge is 0.341 e. The Balaban J connectivity index is 2.02. The molecule has 1 aromatic carbocycles. The lowest BCUT2D eigenvalue weighted by Crippen LogP contribution is -2.44. The van der Waals surface area contributed by atoms with Gasteiger partial charge in [-0.05, 0) is 18.7 Å². The number of hydrogen-bond acceptors (Lipinski definition) is 6. The zero-order chi connectivity index (χ0) is 15.2. The minimum Gasteiger partial charge on any atom is -0.490 e. The summed E-state index contributed by atoms with van der Waals surface area (Å²) in [6.45, 7) is 5.96. The van der Waals surface area contributed by atoms with E-state index in [0.29, 0.717) is 30.2 Å². The second kappa shape index (κ2) is 7.28. The van der Waals surface area contributed by atoms with Crippen molar-refractivity contribution >= 4 is 11.7 Å². The molecule has 1 heterocycles. The number of methoxy groups -OCH3 is 1. The van der Waals surface area contributed by atoms with Crippen molar-refractivity contribution in [1.29, 1.82) is 0 Å². The van der Waals surface area contributed by atoms with Gasteiger partial charge >= 0.3 is 5.97 Å². The summed E-state index contributed by atoms with van der Waals surface area (Å²) in [5.74, 6) is -0.0104. The SMILES string of the molecule is CCN1CCOC(COc2cc(N)ccc2C(=O)OC)C1. The van der Waals surface area contributed by atoms with Gasteiger partial charge in [0.15, 0.2) is 0 Å². The first-order valence-electron chi connectivity index (χ1n) is 7.08. The number of anilines is 1. The first kappa shape index (κ1) is 15.6. The molecule has 2 N–H and O–H groups in total. The molecule has 116 valence electrons. The van der Waals surface area contributed by atoms with Crippen molar-refractivity contribution in [3.63, 3.8) is 0 Å². The summed E-state index contributed by atoms with van der Waals surface area (Å²) >= 11 is 0. The van der Waals surface area contributed by atoms with E-state index in [4.69, 9.17) is 19.9 Å². The molecule has 0 bridgehead atoms. The van der Waals surface area contributed by atoms with Crippen LogP contribution < -0.4 is 10.5 Å². The van der Waals surface area contributed by atoms with Crippen LogP contribution in [-0.2, 0) is 9.47 Å². The van der Waals surface area contributed by atoms with Crippen molar-refractivity contribution < 1.29 is 19.0 Å². The number of esters is 1. The van der Waals surface area contributed by atoms with Crippen molar-refractivity contribution in [1.82, 2.24) is 4.90 Å². The van der Waals surface area contributed by atoms with Crippen molar-refractivity contribution in [3.8, 4) is 5.75 Å². The maximum atomic E-state index is 11.7. The fraction of sp³-hybridized carbons (Fsp3) is 0.533. The maximum Gasteiger partial charge on any atom is 0.341 e. The molecular formula is C15H22N2O4. The van der Waals surface area contributed by atoms with E-state index in [0.717, 1.165) is 19.6 Å². The number of hydrogen-bond donors (Lipinski definition) is 1. The van der Waals surface area contributed by atoms with E-state index in [2.05, 4.69) is 11.8 Å². The molecule has 1 fully saturated rings. The first-order valence-corrected chi connectivity index (χ1v) is 7.08.